The molecular weight excluding hydrogens is 260 g/mol. The molecule has 1 heterocycles. The van der Waals surface area contributed by atoms with Gasteiger partial charge in [-0.05, 0) is 36.8 Å². The molecule has 0 unspecified atom stereocenters. The summed E-state index contributed by atoms with van der Waals surface area (Å²) < 4.78 is 5.23. The second kappa shape index (κ2) is 4.59. The molecule has 19 heavy (non-hydrogen) atoms. The minimum absolute atomic E-state index is 0.667. The van der Waals surface area contributed by atoms with Gasteiger partial charge in [-0.1, -0.05) is 23.7 Å². The van der Waals surface area contributed by atoms with E-state index in [9.17, 15) is 0 Å². The summed E-state index contributed by atoms with van der Waals surface area (Å²) in [5, 5.41) is 0.667. The van der Waals surface area contributed by atoms with Crippen LogP contribution >= 0.6 is 11.6 Å². The molecule has 0 spiro atoms. The van der Waals surface area contributed by atoms with Crippen molar-refractivity contribution in [3.05, 3.63) is 47.0 Å². The molecule has 4 heteroatoms. The zero-order valence-corrected chi connectivity index (χ0v) is 11.5. The number of methoxy groups -OCH3 is 1. The first-order valence-corrected chi connectivity index (χ1v) is 6.35. The van der Waals surface area contributed by atoms with Crippen LogP contribution in [0.1, 0.15) is 5.56 Å². The third-order valence-corrected chi connectivity index (χ3v) is 3.32. The van der Waals surface area contributed by atoms with Crippen LogP contribution in [0.4, 0.5) is 0 Å². The van der Waals surface area contributed by atoms with Gasteiger partial charge in [0.25, 0.3) is 0 Å². The van der Waals surface area contributed by atoms with Crippen LogP contribution in [0, 0.1) is 6.92 Å². The van der Waals surface area contributed by atoms with Crippen molar-refractivity contribution in [2.24, 2.45) is 0 Å². The van der Waals surface area contributed by atoms with Gasteiger partial charge in [-0.2, -0.15) is 0 Å². The van der Waals surface area contributed by atoms with Crippen molar-refractivity contribution in [1.82, 2.24) is 9.97 Å². The number of nitrogens with zero attached hydrogens (tertiary/aromatic N) is 1. The fourth-order valence-corrected chi connectivity index (χ4v) is 2.43. The van der Waals surface area contributed by atoms with Gasteiger partial charge in [0.15, 0.2) is 0 Å². The second-order valence-corrected chi connectivity index (χ2v) is 4.87. The molecule has 96 valence electrons. The van der Waals surface area contributed by atoms with Gasteiger partial charge in [-0.15, -0.1) is 0 Å². The van der Waals surface area contributed by atoms with Crippen LogP contribution in [0.25, 0.3) is 22.4 Å². The highest BCUT2D eigenvalue weighted by molar-refractivity contribution is 6.35. The normalized spacial score (nSPS) is 10.9. The van der Waals surface area contributed by atoms with E-state index >= 15 is 0 Å². The van der Waals surface area contributed by atoms with Crippen molar-refractivity contribution in [1.29, 1.82) is 0 Å². The van der Waals surface area contributed by atoms with Crippen LogP contribution in [0.5, 0.6) is 5.75 Å². The Labute approximate surface area is 116 Å². The maximum atomic E-state index is 6.21. The van der Waals surface area contributed by atoms with Crippen LogP contribution in [-0.4, -0.2) is 17.1 Å². The highest BCUT2D eigenvalue weighted by atomic mass is 35.5. The molecule has 0 amide bonds. The summed E-state index contributed by atoms with van der Waals surface area (Å²) in [7, 11) is 1.65. The Morgan fingerprint density at radius 3 is 2.84 bits per heavy atom. The fourth-order valence-electron chi connectivity index (χ4n) is 2.12. The van der Waals surface area contributed by atoms with Crippen LogP contribution in [0.3, 0.4) is 0 Å². The Balaban J connectivity index is 2.17. The zero-order valence-electron chi connectivity index (χ0n) is 10.7. The van der Waals surface area contributed by atoms with Gasteiger partial charge in [-0.25, -0.2) is 4.98 Å². The van der Waals surface area contributed by atoms with E-state index in [1.165, 1.54) is 0 Å². The van der Waals surface area contributed by atoms with E-state index in [2.05, 4.69) is 9.97 Å². The van der Waals surface area contributed by atoms with Crippen molar-refractivity contribution in [3.8, 4) is 17.1 Å². The lowest BCUT2D eigenvalue weighted by Gasteiger charge is -2.01. The number of aromatic nitrogens is 2. The first-order valence-electron chi connectivity index (χ1n) is 5.97. The number of aryl methyl sites for hydroxylation is 1. The van der Waals surface area contributed by atoms with Crippen LogP contribution in [0.2, 0.25) is 5.02 Å². The Hall–Kier alpha value is -2.00. The number of hydrogen-bond acceptors (Lipinski definition) is 2. The summed E-state index contributed by atoms with van der Waals surface area (Å²) in [5.74, 6) is 1.60. The first-order chi connectivity index (χ1) is 9.17. The number of benzene rings is 2. The molecule has 0 bridgehead atoms. The minimum atomic E-state index is 0.667. The first kappa shape index (κ1) is 12.1. The molecular formula is C15H13ClN2O. The van der Waals surface area contributed by atoms with E-state index in [0.29, 0.717) is 5.02 Å². The predicted octanol–water partition coefficient (Wildman–Crippen LogP) is 4.20. The summed E-state index contributed by atoms with van der Waals surface area (Å²) >= 11 is 6.21. The second-order valence-electron chi connectivity index (χ2n) is 4.46. The van der Waals surface area contributed by atoms with Crippen LogP contribution < -0.4 is 4.74 Å². The predicted molar refractivity (Wildman–Crippen MR) is 77.8 cm³/mol. The van der Waals surface area contributed by atoms with Gasteiger partial charge in [-0.3, -0.25) is 0 Å². The molecule has 3 nitrogen and oxygen atoms in total. The van der Waals surface area contributed by atoms with Crippen LogP contribution in [-0.2, 0) is 0 Å². The SMILES string of the molecule is COc1cccc(-c2nc3c(Cl)cc(C)cc3[nH]2)c1. The molecule has 3 aromatic rings. The molecule has 0 aliphatic rings. The number of nitrogens with one attached hydrogen (secondary N) is 1. The summed E-state index contributed by atoms with van der Waals surface area (Å²) in [6, 6.07) is 11.7. The summed E-state index contributed by atoms with van der Waals surface area (Å²) in [5.41, 5.74) is 3.83. The number of fused-ring (bicyclic) bond motifs is 1. The smallest absolute Gasteiger partial charge is 0.138 e. The largest absolute Gasteiger partial charge is 0.497 e. The van der Waals surface area contributed by atoms with Gasteiger partial charge in [0.1, 0.15) is 17.1 Å². The lowest BCUT2D eigenvalue weighted by Crippen LogP contribution is -1.84. The van der Waals surface area contributed by atoms with E-state index in [4.69, 9.17) is 16.3 Å². The Morgan fingerprint density at radius 1 is 1.21 bits per heavy atom. The van der Waals surface area contributed by atoms with E-state index in [-0.39, 0.29) is 0 Å². The monoisotopic (exact) mass is 272 g/mol. The van der Waals surface area contributed by atoms with Gasteiger partial charge in [0, 0.05) is 5.56 Å². The highest BCUT2D eigenvalue weighted by Crippen LogP contribution is 2.28. The van der Waals surface area contributed by atoms with Crippen molar-refractivity contribution in [2.45, 2.75) is 6.92 Å². The van der Waals surface area contributed by atoms with E-state index in [1.54, 1.807) is 7.11 Å². The van der Waals surface area contributed by atoms with Crippen molar-refractivity contribution in [3.63, 3.8) is 0 Å². The van der Waals surface area contributed by atoms with Crippen molar-refractivity contribution in [2.75, 3.05) is 7.11 Å². The molecule has 0 saturated carbocycles. The minimum Gasteiger partial charge on any atom is -0.497 e. The summed E-state index contributed by atoms with van der Waals surface area (Å²) in [4.78, 5) is 7.85. The zero-order chi connectivity index (χ0) is 13.4. The Bertz CT molecular complexity index is 749. The number of imidazole rings is 1. The van der Waals surface area contributed by atoms with E-state index in [0.717, 1.165) is 33.7 Å². The number of hydrogen-bond donors (Lipinski definition) is 1. The van der Waals surface area contributed by atoms with E-state index < -0.39 is 0 Å². The summed E-state index contributed by atoms with van der Waals surface area (Å²) in [6.07, 6.45) is 0. The third kappa shape index (κ3) is 2.17. The van der Waals surface area contributed by atoms with E-state index in [1.807, 2.05) is 43.3 Å². The number of aromatic amines is 1. The molecule has 3 rings (SSSR count). The molecule has 0 aliphatic heterocycles. The topological polar surface area (TPSA) is 37.9 Å². The number of halogens is 1. The number of H-pyrrole nitrogens is 1. The Kier molecular flexibility index (Phi) is 2.91. The lowest BCUT2D eigenvalue weighted by atomic mass is 10.2. The molecule has 1 aromatic heterocycles. The molecule has 0 atom stereocenters. The molecule has 2 aromatic carbocycles. The molecule has 0 radical (unpaired) electrons. The standard InChI is InChI=1S/C15H13ClN2O/c1-9-6-12(16)14-13(7-9)17-15(18-14)10-4-3-5-11(8-10)19-2/h3-8H,1-2H3,(H,17,18). The quantitative estimate of drug-likeness (QED) is 0.759. The van der Waals surface area contributed by atoms with Crippen molar-refractivity contribution >= 4 is 22.6 Å². The van der Waals surface area contributed by atoms with Crippen LogP contribution in [0.15, 0.2) is 36.4 Å². The third-order valence-electron chi connectivity index (χ3n) is 3.03. The maximum absolute atomic E-state index is 6.21. The molecule has 1 N–H and O–H groups in total. The highest BCUT2D eigenvalue weighted by Gasteiger charge is 2.09. The fraction of sp³-hybridized carbons (Fsp3) is 0.133. The van der Waals surface area contributed by atoms with Crippen molar-refractivity contribution < 1.29 is 4.74 Å². The average molecular weight is 273 g/mol. The van der Waals surface area contributed by atoms with Gasteiger partial charge < -0.3 is 9.72 Å². The Morgan fingerprint density at radius 2 is 2.05 bits per heavy atom. The molecule has 0 saturated heterocycles. The van der Waals surface area contributed by atoms with Gasteiger partial charge in [0.2, 0.25) is 0 Å². The number of rotatable bonds is 2. The lowest BCUT2D eigenvalue weighted by molar-refractivity contribution is 0.415. The average Bonchev–Trinajstić information content (AvgIpc) is 2.83. The molecule has 0 fully saturated rings. The molecule has 0 aliphatic carbocycles. The van der Waals surface area contributed by atoms with Gasteiger partial charge >= 0.3 is 0 Å². The maximum Gasteiger partial charge on any atom is 0.138 e. The van der Waals surface area contributed by atoms with Gasteiger partial charge in [0.05, 0.1) is 17.6 Å². The number of ether oxygens (including phenoxy) is 1. The summed E-state index contributed by atoms with van der Waals surface area (Å²) in [6.45, 7) is 2.01.